The molecule has 4 nitrogen and oxygen atoms in total. The molecule has 0 atom stereocenters. The molecule has 2 aromatic rings. The second kappa shape index (κ2) is 5.87. The lowest BCUT2D eigenvalue weighted by atomic mass is 10.2. The predicted octanol–water partition coefficient (Wildman–Crippen LogP) is 3.15. The van der Waals surface area contributed by atoms with Crippen LogP contribution in [-0.4, -0.2) is 12.5 Å². The molecule has 1 heterocycles. The van der Waals surface area contributed by atoms with Gasteiger partial charge in [0, 0.05) is 12.2 Å². The minimum Gasteiger partial charge on any atom is -0.456 e. The van der Waals surface area contributed by atoms with Gasteiger partial charge in [0.15, 0.2) is 5.76 Å². The number of anilines is 1. The van der Waals surface area contributed by atoms with Gasteiger partial charge in [-0.25, -0.2) is 0 Å². The van der Waals surface area contributed by atoms with Crippen LogP contribution >= 0.6 is 0 Å². The number of rotatable bonds is 4. The maximum atomic E-state index is 12.4. The molecule has 0 fully saturated rings. The molecule has 0 aliphatic carbocycles. The summed E-state index contributed by atoms with van der Waals surface area (Å²) in [5, 5.41) is 8.71. The highest BCUT2D eigenvalue weighted by Gasteiger charge is 2.20. The van der Waals surface area contributed by atoms with E-state index in [-0.39, 0.29) is 12.3 Å². The Labute approximate surface area is 111 Å². The van der Waals surface area contributed by atoms with Crippen molar-refractivity contribution >= 4 is 11.6 Å². The molecule has 0 saturated heterocycles. The number of amides is 1. The Bertz CT molecular complexity index is 596. The second-order valence-electron chi connectivity index (χ2n) is 4.11. The van der Waals surface area contributed by atoms with Crippen molar-refractivity contribution in [3.63, 3.8) is 0 Å². The number of furan rings is 1. The zero-order chi connectivity index (χ0) is 13.7. The van der Waals surface area contributed by atoms with Gasteiger partial charge in [-0.2, -0.15) is 5.26 Å². The maximum Gasteiger partial charge on any atom is 0.293 e. The SMILES string of the molecule is Cc1ccc(C(=O)N(CCC#N)c2ccccc2)o1. The van der Waals surface area contributed by atoms with Gasteiger partial charge in [-0.3, -0.25) is 4.79 Å². The van der Waals surface area contributed by atoms with Crippen LogP contribution in [0.15, 0.2) is 46.9 Å². The van der Waals surface area contributed by atoms with Gasteiger partial charge >= 0.3 is 0 Å². The lowest BCUT2D eigenvalue weighted by Gasteiger charge is -2.20. The number of carbonyl (C=O) groups is 1. The predicted molar refractivity (Wildman–Crippen MR) is 71.8 cm³/mol. The number of carbonyl (C=O) groups excluding carboxylic acids is 1. The highest BCUT2D eigenvalue weighted by Crippen LogP contribution is 2.18. The maximum absolute atomic E-state index is 12.4. The van der Waals surface area contributed by atoms with Crippen molar-refractivity contribution in [2.24, 2.45) is 0 Å². The number of para-hydroxylation sites is 1. The third-order valence-corrected chi connectivity index (χ3v) is 2.71. The fourth-order valence-electron chi connectivity index (χ4n) is 1.80. The van der Waals surface area contributed by atoms with Gasteiger partial charge in [0.2, 0.25) is 0 Å². The summed E-state index contributed by atoms with van der Waals surface area (Å²) in [5.41, 5.74) is 0.761. The largest absolute Gasteiger partial charge is 0.456 e. The molecular formula is C15H14N2O2. The molecule has 1 aromatic carbocycles. The van der Waals surface area contributed by atoms with Gasteiger partial charge in [-0.15, -0.1) is 0 Å². The normalized spacial score (nSPS) is 9.89. The molecule has 19 heavy (non-hydrogen) atoms. The van der Waals surface area contributed by atoms with Crippen LogP contribution in [0, 0.1) is 18.3 Å². The second-order valence-corrected chi connectivity index (χ2v) is 4.11. The molecule has 0 unspecified atom stereocenters. The Hall–Kier alpha value is -2.54. The molecule has 0 spiro atoms. The Morgan fingerprint density at radius 2 is 2.00 bits per heavy atom. The molecule has 1 aromatic heterocycles. The summed E-state index contributed by atoms with van der Waals surface area (Å²) in [5.74, 6) is 0.755. The summed E-state index contributed by atoms with van der Waals surface area (Å²) < 4.78 is 5.35. The van der Waals surface area contributed by atoms with Crippen molar-refractivity contribution in [2.75, 3.05) is 11.4 Å². The third-order valence-electron chi connectivity index (χ3n) is 2.71. The first-order valence-corrected chi connectivity index (χ1v) is 6.02. The van der Waals surface area contributed by atoms with E-state index in [1.807, 2.05) is 30.3 Å². The van der Waals surface area contributed by atoms with Crippen LogP contribution in [0.2, 0.25) is 0 Å². The first-order chi connectivity index (χ1) is 9.22. The summed E-state index contributed by atoms with van der Waals surface area (Å²) in [4.78, 5) is 13.9. The average molecular weight is 254 g/mol. The monoisotopic (exact) mass is 254 g/mol. The zero-order valence-electron chi connectivity index (χ0n) is 10.7. The number of nitriles is 1. The van der Waals surface area contributed by atoms with Crippen LogP contribution in [0.3, 0.4) is 0 Å². The summed E-state index contributed by atoms with van der Waals surface area (Å²) in [6, 6.07) is 14.7. The lowest BCUT2D eigenvalue weighted by molar-refractivity contribution is 0.0959. The van der Waals surface area contributed by atoms with Gasteiger partial charge < -0.3 is 9.32 Å². The topological polar surface area (TPSA) is 57.2 Å². The van der Waals surface area contributed by atoms with Crippen molar-refractivity contribution in [1.29, 1.82) is 5.26 Å². The number of aryl methyl sites for hydroxylation is 1. The first-order valence-electron chi connectivity index (χ1n) is 6.02. The highest BCUT2D eigenvalue weighted by atomic mass is 16.3. The lowest BCUT2D eigenvalue weighted by Crippen LogP contribution is -2.31. The molecule has 1 amide bonds. The van der Waals surface area contributed by atoms with Crippen LogP contribution < -0.4 is 4.90 Å². The van der Waals surface area contributed by atoms with Crippen molar-refractivity contribution in [3.05, 3.63) is 54.0 Å². The Kier molecular flexibility index (Phi) is 3.99. The summed E-state index contributed by atoms with van der Waals surface area (Å²) in [6.07, 6.45) is 0.278. The van der Waals surface area contributed by atoms with Crippen molar-refractivity contribution in [2.45, 2.75) is 13.3 Å². The Morgan fingerprint density at radius 1 is 1.26 bits per heavy atom. The number of benzene rings is 1. The number of nitrogens with zero attached hydrogens (tertiary/aromatic N) is 2. The summed E-state index contributed by atoms with van der Waals surface area (Å²) in [7, 11) is 0. The Balaban J connectivity index is 2.28. The quantitative estimate of drug-likeness (QED) is 0.842. The number of hydrogen-bond donors (Lipinski definition) is 0. The first kappa shape index (κ1) is 12.9. The van der Waals surface area contributed by atoms with E-state index in [9.17, 15) is 4.79 Å². The molecule has 0 saturated carbocycles. The standard InChI is InChI=1S/C15H14N2O2/c1-12-8-9-14(19-12)15(18)17(11-5-10-16)13-6-3-2-4-7-13/h2-4,6-9H,5,11H2,1H3. The van der Waals surface area contributed by atoms with Gasteiger partial charge in [0.05, 0.1) is 12.5 Å². The van der Waals surface area contributed by atoms with Crippen molar-refractivity contribution < 1.29 is 9.21 Å². The van der Waals surface area contributed by atoms with Crippen LogP contribution in [0.25, 0.3) is 0 Å². The molecule has 4 heteroatoms. The van der Waals surface area contributed by atoms with E-state index < -0.39 is 0 Å². The van der Waals surface area contributed by atoms with E-state index in [4.69, 9.17) is 9.68 Å². The molecular weight excluding hydrogens is 240 g/mol. The van der Waals surface area contributed by atoms with Gasteiger partial charge in [-0.1, -0.05) is 18.2 Å². The molecule has 0 bridgehead atoms. The van der Waals surface area contributed by atoms with Crippen LogP contribution in [0.5, 0.6) is 0 Å². The molecule has 0 aliphatic rings. The van der Waals surface area contributed by atoms with Gasteiger partial charge in [0.25, 0.3) is 5.91 Å². The number of hydrogen-bond acceptors (Lipinski definition) is 3. The van der Waals surface area contributed by atoms with Crippen LogP contribution in [0.4, 0.5) is 5.69 Å². The van der Waals surface area contributed by atoms with Crippen LogP contribution in [-0.2, 0) is 0 Å². The summed E-state index contributed by atoms with van der Waals surface area (Å²) >= 11 is 0. The van der Waals surface area contributed by atoms with Crippen molar-refractivity contribution in [3.8, 4) is 6.07 Å². The highest BCUT2D eigenvalue weighted by molar-refractivity contribution is 6.04. The fourth-order valence-corrected chi connectivity index (χ4v) is 1.80. The summed E-state index contributed by atoms with van der Waals surface area (Å²) in [6.45, 7) is 2.14. The van der Waals surface area contributed by atoms with Crippen molar-refractivity contribution in [1.82, 2.24) is 0 Å². The smallest absolute Gasteiger partial charge is 0.293 e. The minimum absolute atomic E-state index is 0.227. The van der Waals surface area contributed by atoms with Crippen LogP contribution in [0.1, 0.15) is 22.7 Å². The minimum atomic E-state index is -0.227. The average Bonchev–Trinajstić information content (AvgIpc) is 2.87. The Morgan fingerprint density at radius 3 is 2.58 bits per heavy atom. The van der Waals surface area contributed by atoms with E-state index in [0.717, 1.165) is 5.69 Å². The van der Waals surface area contributed by atoms with E-state index in [1.165, 1.54) is 0 Å². The molecule has 2 rings (SSSR count). The van der Waals surface area contributed by atoms with E-state index in [0.29, 0.717) is 18.1 Å². The van der Waals surface area contributed by atoms with E-state index in [2.05, 4.69) is 6.07 Å². The molecule has 0 radical (unpaired) electrons. The van der Waals surface area contributed by atoms with Gasteiger partial charge in [0.1, 0.15) is 5.76 Å². The van der Waals surface area contributed by atoms with Gasteiger partial charge in [-0.05, 0) is 31.2 Å². The molecule has 0 N–H and O–H groups in total. The fraction of sp³-hybridized carbons (Fsp3) is 0.200. The van der Waals surface area contributed by atoms with E-state index >= 15 is 0 Å². The molecule has 0 aliphatic heterocycles. The third kappa shape index (κ3) is 3.02. The zero-order valence-corrected chi connectivity index (χ0v) is 10.7. The van der Waals surface area contributed by atoms with E-state index in [1.54, 1.807) is 24.0 Å². The molecule has 96 valence electrons.